The van der Waals surface area contributed by atoms with E-state index in [4.69, 9.17) is 0 Å². The Morgan fingerprint density at radius 1 is 1.29 bits per heavy atom. The van der Waals surface area contributed by atoms with Gasteiger partial charge in [-0.15, -0.1) is 0 Å². The summed E-state index contributed by atoms with van der Waals surface area (Å²) in [4.78, 5) is 6.93. The number of nitrogens with zero attached hydrogens (tertiary/aromatic N) is 2. The van der Waals surface area contributed by atoms with Crippen molar-refractivity contribution in [2.75, 3.05) is 18.0 Å². The van der Waals surface area contributed by atoms with Crippen LogP contribution in [-0.4, -0.2) is 18.9 Å². The molecule has 2 heteroatoms. The molecule has 0 aromatic heterocycles. The minimum atomic E-state index is 0.920. The third-order valence-electron chi connectivity index (χ3n) is 3.15. The highest BCUT2D eigenvalue weighted by Gasteiger charge is 2.20. The van der Waals surface area contributed by atoms with Gasteiger partial charge in [0.25, 0.3) is 0 Å². The van der Waals surface area contributed by atoms with Gasteiger partial charge >= 0.3 is 0 Å². The van der Waals surface area contributed by atoms with Crippen molar-refractivity contribution in [3.63, 3.8) is 0 Å². The van der Waals surface area contributed by atoms with E-state index in [-0.39, 0.29) is 0 Å². The Balaban J connectivity index is 2.48. The monoisotopic (exact) mass is 228 g/mol. The first-order chi connectivity index (χ1) is 8.11. The Morgan fingerprint density at radius 3 is 2.53 bits per heavy atom. The van der Waals surface area contributed by atoms with E-state index in [1.54, 1.807) is 0 Å². The molecule has 1 heterocycles. The molecule has 0 unspecified atom stereocenters. The van der Waals surface area contributed by atoms with Crippen LogP contribution >= 0.6 is 0 Å². The van der Waals surface area contributed by atoms with Crippen LogP contribution in [0.25, 0.3) is 0 Å². The van der Waals surface area contributed by atoms with Crippen molar-refractivity contribution in [1.82, 2.24) is 0 Å². The number of amidine groups is 1. The van der Waals surface area contributed by atoms with E-state index in [0.29, 0.717) is 0 Å². The normalized spacial score (nSPS) is 15.7. The maximum atomic E-state index is 4.61. The summed E-state index contributed by atoms with van der Waals surface area (Å²) in [5, 5.41) is 0. The zero-order chi connectivity index (χ0) is 12.4. The van der Waals surface area contributed by atoms with Gasteiger partial charge in [0.2, 0.25) is 0 Å². The highest BCUT2D eigenvalue weighted by atomic mass is 15.2. The van der Waals surface area contributed by atoms with Gasteiger partial charge in [-0.25, -0.2) is 0 Å². The lowest BCUT2D eigenvalue weighted by Crippen LogP contribution is -2.37. The Hall–Kier alpha value is -1.57. The number of rotatable bonds is 2. The van der Waals surface area contributed by atoms with Crippen LogP contribution in [0, 0.1) is 13.8 Å². The van der Waals surface area contributed by atoms with Crippen molar-refractivity contribution in [2.45, 2.75) is 27.2 Å². The molecule has 17 heavy (non-hydrogen) atoms. The largest absolute Gasteiger partial charge is 0.326 e. The summed E-state index contributed by atoms with van der Waals surface area (Å²) in [5.74, 6) is 1.05. The molecular weight excluding hydrogens is 208 g/mol. The van der Waals surface area contributed by atoms with E-state index in [1.165, 1.54) is 16.8 Å². The molecule has 0 saturated carbocycles. The van der Waals surface area contributed by atoms with Crippen molar-refractivity contribution in [2.24, 2.45) is 4.99 Å². The average molecular weight is 228 g/mol. The van der Waals surface area contributed by atoms with Crippen LogP contribution in [0.1, 0.15) is 24.5 Å². The first-order valence-corrected chi connectivity index (χ1v) is 6.15. The van der Waals surface area contributed by atoms with E-state index in [2.05, 4.69) is 48.5 Å². The molecule has 0 N–H and O–H groups in total. The molecule has 2 nitrogen and oxygen atoms in total. The maximum absolute atomic E-state index is 4.61. The van der Waals surface area contributed by atoms with E-state index >= 15 is 0 Å². The highest BCUT2D eigenvalue weighted by Crippen LogP contribution is 2.27. The van der Waals surface area contributed by atoms with Gasteiger partial charge < -0.3 is 4.90 Å². The summed E-state index contributed by atoms with van der Waals surface area (Å²) in [6.45, 7) is 12.4. The number of aliphatic imine (C=N–C) groups is 1. The lowest BCUT2D eigenvalue weighted by atomic mass is 10.1. The third kappa shape index (κ3) is 2.26. The smallest absolute Gasteiger partial charge is 0.130 e. The van der Waals surface area contributed by atoms with Gasteiger partial charge in [-0.1, -0.05) is 24.8 Å². The molecule has 0 radical (unpaired) electrons. The van der Waals surface area contributed by atoms with Crippen LogP contribution in [0.2, 0.25) is 0 Å². The molecule has 0 aliphatic carbocycles. The Morgan fingerprint density at radius 2 is 1.94 bits per heavy atom. The van der Waals surface area contributed by atoms with Crippen molar-refractivity contribution < 1.29 is 0 Å². The van der Waals surface area contributed by atoms with Crippen LogP contribution in [0.3, 0.4) is 0 Å². The SMILES string of the molecule is C=C(C)C1=NCCCN1c1c(C)cccc1C. The van der Waals surface area contributed by atoms with Crippen LogP contribution in [-0.2, 0) is 0 Å². The summed E-state index contributed by atoms with van der Waals surface area (Å²) in [5.41, 5.74) is 4.96. The Kier molecular flexibility index (Phi) is 3.32. The number of hydrogen-bond donors (Lipinski definition) is 0. The average Bonchev–Trinajstić information content (AvgIpc) is 2.29. The van der Waals surface area contributed by atoms with Gasteiger partial charge in [0, 0.05) is 18.8 Å². The fourth-order valence-corrected chi connectivity index (χ4v) is 2.42. The molecule has 0 spiro atoms. The molecule has 2 rings (SSSR count). The van der Waals surface area contributed by atoms with Crippen molar-refractivity contribution >= 4 is 11.5 Å². The summed E-state index contributed by atoms with van der Waals surface area (Å²) < 4.78 is 0. The van der Waals surface area contributed by atoms with Gasteiger partial charge in [0.05, 0.1) is 0 Å². The molecule has 90 valence electrons. The lowest BCUT2D eigenvalue weighted by molar-refractivity contribution is 0.786. The topological polar surface area (TPSA) is 15.6 Å². The van der Waals surface area contributed by atoms with Gasteiger partial charge in [-0.05, 0) is 43.9 Å². The van der Waals surface area contributed by atoms with E-state index in [0.717, 1.165) is 30.9 Å². The summed E-state index contributed by atoms with van der Waals surface area (Å²) in [6.07, 6.45) is 1.12. The van der Waals surface area contributed by atoms with E-state index in [1.807, 2.05) is 6.92 Å². The zero-order valence-electron chi connectivity index (χ0n) is 11.0. The Labute approximate surface area is 104 Å². The molecule has 0 bridgehead atoms. The first kappa shape index (κ1) is 11.9. The predicted octanol–water partition coefficient (Wildman–Crippen LogP) is 3.49. The van der Waals surface area contributed by atoms with E-state index < -0.39 is 0 Å². The molecule has 1 aromatic carbocycles. The summed E-state index contributed by atoms with van der Waals surface area (Å²) in [7, 11) is 0. The van der Waals surface area contributed by atoms with Crippen molar-refractivity contribution in [1.29, 1.82) is 0 Å². The summed E-state index contributed by atoms with van der Waals surface area (Å²) in [6, 6.07) is 6.43. The molecular formula is C15H20N2. The molecule has 0 fully saturated rings. The first-order valence-electron chi connectivity index (χ1n) is 6.15. The van der Waals surface area contributed by atoms with Gasteiger partial charge in [0.15, 0.2) is 0 Å². The fraction of sp³-hybridized carbons (Fsp3) is 0.400. The van der Waals surface area contributed by atoms with Gasteiger partial charge in [-0.2, -0.15) is 0 Å². The molecule has 1 aliphatic heterocycles. The predicted molar refractivity (Wildman–Crippen MR) is 75.0 cm³/mol. The number of para-hydroxylation sites is 1. The zero-order valence-corrected chi connectivity index (χ0v) is 11.0. The third-order valence-corrected chi connectivity index (χ3v) is 3.15. The minimum absolute atomic E-state index is 0.920. The van der Waals surface area contributed by atoms with Crippen LogP contribution in [0.5, 0.6) is 0 Å². The van der Waals surface area contributed by atoms with Crippen molar-refractivity contribution in [3.8, 4) is 0 Å². The Bertz CT molecular complexity index is 452. The summed E-state index contributed by atoms with van der Waals surface area (Å²) >= 11 is 0. The van der Waals surface area contributed by atoms with Crippen molar-refractivity contribution in [3.05, 3.63) is 41.5 Å². The fourth-order valence-electron chi connectivity index (χ4n) is 2.42. The van der Waals surface area contributed by atoms with Crippen LogP contribution in [0.15, 0.2) is 35.3 Å². The highest BCUT2D eigenvalue weighted by molar-refractivity contribution is 6.10. The van der Waals surface area contributed by atoms with Gasteiger partial charge in [0.1, 0.15) is 5.84 Å². The molecule has 0 atom stereocenters. The molecule has 1 aromatic rings. The number of aryl methyl sites for hydroxylation is 2. The van der Waals surface area contributed by atoms with E-state index in [9.17, 15) is 0 Å². The maximum Gasteiger partial charge on any atom is 0.130 e. The van der Waals surface area contributed by atoms with Crippen LogP contribution < -0.4 is 4.90 Å². The molecule has 0 amide bonds. The molecule has 0 saturated heterocycles. The van der Waals surface area contributed by atoms with Gasteiger partial charge in [-0.3, -0.25) is 4.99 Å². The minimum Gasteiger partial charge on any atom is -0.326 e. The number of benzene rings is 1. The number of hydrogen-bond acceptors (Lipinski definition) is 2. The standard InChI is InChI=1S/C15H20N2/c1-11(2)15-16-9-6-10-17(15)14-12(3)7-5-8-13(14)4/h5,7-8H,1,6,9-10H2,2-4H3. The second kappa shape index (κ2) is 4.74. The second-order valence-electron chi connectivity index (χ2n) is 4.73. The second-order valence-corrected chi connectivity index (χ2v) is 4.73. The lowest BCUT2D eigenvalue weighted by Gasteiger charge is -2.32. The quantitative estimate of drug-likeness (QED) is 0.756. The molecule has 1 aliphatic rings. The van der Waals surface area contributed by atoms with Crippen LogP contribution in [0.4, 0.5) is 5.69 Å². The number of anilines is 1.